The Morgan fingerprint density at radius 1 is 0.933 bits per heavy atom. The van der Waals surface area contributed by atoms with E-state index in [-0.39, 0.29) is 0 Å². The fourth-order valence-corrected chi connectivity index (χ4v) is 5.29. The number of rotatable bonds is 5. The lowest BCUT2D eigenvalue weighted by Gasteiger charge is -2.33. The number of amides is 1. The molecule has 0 spiro atoms. The monoisotopic (exact) mass is 404 g/mol. The number of nitrogens with zero attached hydrogens (tertiary/aromatic N) is 2. The third-order valence-corrected chi connectivity index (χ3v) is 7.10. The minimum Gasteiger partial charge on any atom is -0.378 e. The SMILES string of the molecule is O=C(CCC1CCN(Cc2ccc3c(c2)Cc2ccccc2-3)CC1)N1CCOCC1. The highest BCUT2D eigenvalue weighted by atomic mass is 16.5. The first-order valence-corrected chi connectivity index (χ1v) is 11.5. The second kappa shape index (κ2) is 8.91. The molecule has 0 atom stereocenters. The summed E-state index contributed by atoms with van der Waals surface area (Å²) in [4.78, 5) is 16.9. The van der Waals surface area contributed by atoms with Crippen molar-refractivity contribution >= 4 is 5.91 Å². The average Bonchev–Trinajstić information content (AvgIpc) is 3.17. The minimum atomic E-state index is 0.319. The predicted octanol–water partition coefficient (Wildman–Crippen LogP) is 4.11. The van der Waals surface area contributed by atoms with Crippen molar-refractivity contribution < 1.29 is 9.53 Å². The van der Waals surface area contributed by atoms with Crippen molar-refractivity contribution in [3.8, 4) is 11.1 Å². The molecule has 4 heteroatoms. The summed E-state index contributed by atoms with van der Waals surface area (Å²) in [7, 11) is 0. The molecule has 0 aromatic heterocycles. The van der Waals surface area contributed by atoms with Crippen LogP contribution in [0.3, 0.4) is 0 Å². The Morgan fingerprint density at radius 3 is 2.53 bits per heavy atom. The van der Waals surface area contributed by atoms with Gasteiger partial charge in [-0.1, -0.05) is 42.5 Å². The molecule has 30 heavy (non-hydrogen) atoms. The van der Waals surface area contributed by atoms with Gasteiger partial charge in [0.2, 0.25) is 5.91 Å². The lowest BCUT2D eigenvalue weighted by atomic mass is 9.91. The summed E-state index contributed by atoms with van der Waals surface area (Å²) in [5.41, 5.74) is 7.19. The first-order valence-electron chi connectivity index (χ1n) is 11.5. The smallest absolute Gasteiger partial charge is 0.222 e. The molecule has 0 N–H and O–H groups in total. The van der Waals surface area contributed by atoms with Crippen molar-refractivity contribution in [2.24, 2.45) is 5.92 Å². The molecule has 2 aromatic carbocycles. The maximum absolute atomic E-state index is 12.4. The van der Waals surface area contributed by atoms with Crippen molar-refractivity contribution in [1.29, 1.82) is 0 Å². The number of hydrogen-bond acceptors (Lipinski definition) is 3. The molecule has 5 rings (SSSR count). The quantitative estimate of drug-likeness (QED) is 0.642. The van der Waals surface area contributed by atoms with Crippen LogP contribution < -0.4 is 0 Å². The fraction of sp³-hybridized carbons (Fsp3) is 0.500. The molecule has 1 amide bonds. The van der Waals surface area contributed by atoms with Crippen molar-refractivity contribution in [3.63, 3.8) is 0 Å². The summed E-state index contributed by atoms with van der Waals surface area (Å²) in [6, 6.07) is 15.8. The van der Waals surface area contributed by atoms with Gasteiger partial charge in [-0.3, -0.25) is 9.69 Å². The Kier molecular flexibility index (Phi) is 5.87. The maximum Gasteiger partial charge on any atom is 0.222 e. The van der Waals surface area contributed by atoms with Crippen LogP contribution in [0.2, 0.25) is 0 Å². The van der Waals surface area contributed by atoms with Crippen LogP contribution in [0.15, 0.2) is 42.5 Å². The summed E-state index contributed by atoms with van der Waals surface area (Å²) in [6.07, 6.45) is 5.25. The van der Waals surface area contributed by atoms with Crippen molar-refractivity contribution in [1.82, 2.24) is 9.80 Å². The lowest BCUT2D eigenvalue weighted by molar-refractivity contribution is -0.135. The molecule has 4 nitrogen and oxygen atoms in total. The predicted molar refractivity (Wildman–Crippen MR) is 119 cm³/mol. The second-order valence-electron chi connectivity index (χ2n) is 9.08. The van der Waals surface area contributed by atoms with E-state index in [1.54, 1.807) is 0 Å². The van der Waals surface area contributed by atoms with Gasteiger partial charge >= 0.3 is 0 Å². The summed E-state index contributed by atoms with van der Waals surface area (Å²) in [5.74, 6) is 1.01. The van der Waals surface area contributed by atoms with Gasteiger partial charge < -0.3 is 9.64 Å². The maximum atomic E-state index is 12.4. The Morgan fingerprint density at radius 2 is 1.70 bits per heavy atom. The molecule has 0 unspecified atom stereocenters. The van der Waals surface area contributed by atoms with E-state index in [9.17, 15) is 4.79 Å². The van der Waals surface area contributed by atoms with E-state index in [0.29, 0.717) is 31.5 Å². The van der Waals surface area contributed by atoms with Gasteiger partial charge in [0, 0.05) is 26.1 Å². The van der Waals surface area contributed by atoms with Gasteiger partial charge in [-0.05, 0) is 72.5 Å². The molecule has 2 fully saturated rings. The number of hydrogen-bond donors (Lipinski definition) is 0. The molecule has 3 aliphatic rings. The molecule has 0 bridgehead atoms. The number of ether oxygens (including phenoxy) is 1. The second-order valence-corrected chi connectivity index (χ2v) is 9.08. The van der Waals surface area contributed by atoms with Crippen LogP contribution in [0.4, 0.5) is 0 Å². The molecule has 2 heterocycles. The number of carbonyl (C=O) groups is 1. The van der Waals surface area contributed by atoms with E-state index in [0.717, 1.165) is 45.6 Å². The van der Waals surface area contributed by atoms with Crippen LogP contribution in [0.5, 0.6) is 0 Å². The van der Waals surface area contributed by atoms with Crippen molar-refractivity contribution in [2.45, 2.75) is 38.6 Å². The van der Waals surface area contributed by atoms with Gasteiger partial charge in [-0.25, -0.2) is 0 Å². The van der Waals surface area contributed by atoms with Crippen LogP contribution >= 0.6 is 0 Å². The number of carbonyl (C=O) groups excluding carboxylic acids is 1. The Bertz CT molecular complexity index is 896. The number of fused-ring (bicyclic) bond motifs is 3. The standard InChI is InChI=1S/C26H32N2O2/c29-26(28-13-15-30-16-14-28)8-6-20-9-11-27(12-10-20)19-21-5-7-25-23(17-21)18-22-3-1-2-4-24(22)25/h1-5,7,17,20H,6,8-16,18-19H2. The average molecular weight is 405 g/mol. The molecular formula is C26H32N2O2. The third-order valence-electron chi connectivity index (χ3n) is 7.10. The van der Waals surface area contributed by atoms with E-state index in [1.165, 1.54) is 40.7 Å². The van der Waals surface area contributed by atoms with Crippen LogP contribution in [0.1, 0.15) is 42.4 Å². The Balaban J connectivity index is 1.09. The van der Waals surface area contributed by atoms with E-state index >= 15 is 0 Å². The molecule has 2 aliphatic heterocycles. The fourth-order valence-electron chi connectivity index (χ4n) is 5.29. The summed E-state index contributed by atoms with van der Waals surface area (Å²) in [6.45, 7) is 6.26. The van der Waals surface area contributed by atoms with Crippen LogP contribution in [-0.2, 0) is 22.5 Å². The highest BCUT2D eigenvalue weighted by Gasteiger charge is 2.23. The molecule has 2 saturated heterocycles. The van der Waals surface area contributed by atoms with Gasteiger partial charge in [0.05, 0.1) is 13.2 Å². The van der Waals surface area contributed by atoms with E-state index < -0.39 is 0 Å². The van der Waals surface area contributed by atoms with Gasteiger partial charge in [0.1, 0.15) is 0 Å². The Labute approximate surface area is 179 Å². The summed E-state index contributed by atoms with van der Waals surface area (Å²) < 4.78 is 5.35. The number of benzene rings is 2. The van der Waals surface area contributed by atoms with Crippen LogP contribution in [0.25, 0.3) is 11.1 Å². The molecule has 0 saturated carbocycles. The lowest BCUT2D eigenvalue weighted by Crippen LogP contribution is -2.41. The molecule has 1 aliphatic carbocycles. The zero-order valence-corrected chi connectivity index (χ0v) is 17.8. The first kappa shape index (κ1) is 19.8. The number of likely N-dealkylation sites (tertiary alicyclic amines) is 1. The van der Waals surface area contributed by atoms with Gasteiger partial charge in [-0.15, -0.1) is 0 Å². The third kappa shape index (κ3) is 4.30. The Hall–Kier alpha value is -2.17. The minimum absolute atomic E-state index is 0.319. The normalized spacial score (nSPS) is 19.5. The summed E-state index contributed by atoms with van der Waals surface area (Å²) in [5, 5.41) is 0. The zero-order chi connectivity index (χ0) is 20.3. The van der Waals surface area contributed by atoms with Crippen LogP contribution in [-0.4, -0.2) is 55.1 Å². The van der Waals surface area contributed by atoms with E-state index in [2.05, 4.69) is 47.4 Å². The topological polar surface area (TPSA) is 32.8 Å². The van der Waals surface area contributed by atoms with Gasteiger partial charge in [0.25, 0.3) is 0 Å². The largest absolute Gasteiger partial charge is 0.378 e. The number of piperidine rings is 1. The molecule has 2 aromatic rings. The summed E-state index contributed by atoms with van der Waals surface area (Å²) >= 11 is 0. The van der Waals surface area contributed by atoms with Gasteiger partial charge in [-0.2, -0.15) is 0 Å². The van der Waals surface area contributed by atoms with Crippen molar-refractivity contribution in [3.05, 3.63) is 59.2 Å². The highest BCUT2D eigenvalue weighted by molar-refractivity contribution is 5.77. The van der Waals surface area contributed by atoms with Gasteiger partial charge in [0.15, 0.2) is 0 Å². The highest BCUT2D eigenvalue weighted by Crippen LogP contribution is 2.37. The van der Waals surface area contributed by atoms with E-state index in [1.807, 2.05) is 4.90 Å². The molecule has 0 radical (unpaired) electrons. The molecule has 158 valence electrons. The van der Waals surface area contributed by atoms with E-state index in [4.69, 9.17) is 4.74 Å². The first-order chi connectivity index (χ1) is 14.8. The van der Waals surface area contributed by atoms with Crippen LogP contribution in [0, 0.1) is 5.92 Å². The number of morpholine rings is 1. The molecular weight excluding hydrogens is 372 g/mol. The van der Waals surface area contributed by atoms with Crippen molar-refractivity contribution in [2.75, 3.05) is 39.4 Å². The zero-order valence-electron chi connectivity index (χ0n) is 17.8.